The molecule has 0 unspecified atom stereocenters. The highest BCUT2D eigenvalue weighted by Crippen LogP contribution is 2.26. The standard InChI is InChI=1S/C8H14N4O2S2/c1-12(2)16(13,14)11-8-10-6-3-4-9-5-7(6)15-8/h9H,3-5H2,1-2H3,(H,10,11). The summed E-state index contributed by atoms with van der Waals surface area (Å²) in [7, 11) is -0.473. The Morgan fingerprint density at radius 2 is 2.25 bits per heavy atom. The fraction of sp³-hybridized carbons (Fsp3) is 0.625. The smallest absolute Gasteiger partial charge is 0.302 e. The molecule has 0 atom stereocenters. The van der Waals surface area contributed by atoms with Gasteiger partial charge in [-0.15, -0.1) is 0 Å². The van der Waals surface area contributed by atoms with E-state index in [1.807, 2.05) is 0 Å². The highest BCUT2D eigenvalue weighted by Gasteiger charge is 2.19. The molecule has 0 amide bonds. The molecule has 2 heterocycles. The van der Waals surface area contributed by atoms with Crippen LogP contribution in [0.25, 0.3) is 0 Å². The van der Waals surface area contributed by atoms with Crippen LogP contribution >= 0.6 is 11.3 Å². The van der Waals surface area contributed by atoms with E-state index in [-0.39, 0.29) is 0 Å². The van der Waals surface area contributed by atoms with Gasteiger partial charge in [0.15, 0.2) is 5.13 Å². The van der Waals surface area contributed by atoms with Crippen molar-refractivity contribution in [1.29, 1.82) is 0 Å². The molecule has 2 N–H and O–H groups in total. The van der Waals surface area contributed by atoms with Crippen LogP contribution in [-0.2, 0) is 23.2 Å². The van der Waals surface area contributed by atoms with Gasteiger partial charge in [0.1, 0.15) is 0 Å². The number of fused-ring (bicyclic) bond motifs is 1. The number of hydrogen-bond acceptors (Lipinski definition) is 5. The van der Waals surface area contributed by atoms with Crippen molar-refractivity contribution >= 4 is 26.7 Å². The number of anilines is 1. The van der Waals surface area contributed by atoms with Crippen LogP contribution in [0.4, 0.5) is 5.13 Å². The Kier molecular flexibility index (Phi) is 3.15. The van der Waals surface area contributed by atoms with Gasteiger partial charge in [-0.3, -0.25) is 0 Å². The summed E-state index contributed by atoms with van der Waals surface area (Å²) in [6.07, 6.45) is 0.857. The van der Waals surface area contributed by atoms with Gasteiger partial charge in [-0.05, 0) is 0 Å². The van der Waals surface area contributed by atoms with Crippen molar-refractivity contribution in [3.05, 3.63) is 10.6 Å². The van der Waals surface area contributed by atoms with E-state index in [0.29, 0.717) is 5.13 Å². The molecule has 90 valence electrons. The Hall–Kier alpha value is -0.700. The van der Waals surface area contributed by atoms with Crippen molar-refractivity contribution in [3.63, 3.8) is 0 Å². The second kappa shape index (κ2) is 4.28. The lowest BCUT2D eigenvalue weighted by atomic mass is 10.2. The molecule has 0 saturated heterocycles. The van der Waals surface area contributed by atoms with E-state index in [4.69, 9.17) is 0 Å². The Balaban J connectivity index is 2.20. The lowest BCUT2D eigenvalue weighted by Gasteiger charge is -2.10. The summed E-state index contributed by atoms with van der Waals surface area (Å²) < 4.78 is 26.7. The fourth-order valence-electron chi connectivity index (χ4n) is 1.37. The zero-order valence-corrected chi connectivity index (χ0v) is 10.8. The lowest BCUT2D eigenvalue weighted by molar-refractivity contribution is 0.526. The minimum atomic E-state index is -3.44. The van der Waals surface area contributed by atoms with Gasteiger partial charge in [0.25, 0.3) is 0 Å². The molecule has 0 spiro atoms. The van der Waals surface area contributed by atoms with Crippen LogP contribution in [0.1, 0.15) is 10.6 Å². The normalized spacial score (nSPS) is 16.2. The Morgan fingerprint density at radius 1 is 1.50 bits per heavy atom. The molecule has 1 aliphatic heterocycles. The maximum atomic E-state index is 11.6. The monoisotopic (exact) mass is 262 g/mol. The van der Waals surface area contributed by atoms with Crippen molar-refractivity contribution in [1.82, 2.24) is 14.6 Å². The van der Waals surface area contributed by atoms with E-state index >= 15 is 0 Å². The minimum absolute atomic E-state index is 0.447. The van der Waals surface area contributed by atoms with Crippen LogP contribution in [0.3, 0.4) is 0 Å². The molecule has 8 heteroatoms. The van der Waals surface area contributed by atoms with Crippen molar-refractivity contribution in [3.8, 4) is 0 Å². The zero-order valence-electron chi connectivity index (χ0n) is 9.15. The quantitative estimate of drug-likeness (QED) is 0.804. The van der Waals surface area contributed by atoms with Crippen molar-refractivity contribution < 1.29 is 8.42 Å². The van der Waals surface area contributed by atoms with E-state index in [2.05, 4.69) is 15.0 Å². The Bertz CT molecular complexity index is 457. The van der Waals surface area contributed by atoms with E-state index < -0.39 is 10.2 Å². The highest BCUT2D eigenvalue weighted by molar-refractivity contribution is 7.90. The first-order valence-electron chi connectivity index (χ1n) is 4.88. The zero-order chi connectivity index (χ0) is 11.8. The molecule has 1 aromatic heterocycles. The van der Waals surface area contributed by atoms with Crippen LogP contribution < -0.4 is 10.0 Å². The number of rotatable bonds is 3. The molecule has 0 fully saturated rings. The highest BCUT2D eigenvalue weighted by atomic mass is 32.2. The summed E-state index contributed by atoms with van der Waals surface area (Å²) in [4.78, 5) is 5.39. The van der Waals surface area contributed by atoms with Gasteiger partial charge in [-0.2, -0.15) is 12.7 Å². The molecule has 6 nitrogen and oxygen atoms in total. The number of thiazole rings is 1. The van der Waals surface area contributed by atoms with Gasteiger partial charge in [0.05, 0.1) is 5.69 Å². The van der Waals surface area contributed by atoms with Gasteiger partial charge in [-0.25, -0.2) is 9.71 Å². The molecular formula is C8H14N4O2S2. The molecule has 1 aromatic rings. The van der Waals surface area contributed by atoms with Crippen LogP contribution in [0.2, 0.25) is 0 Å². The lowest BCUT2D eigenvalue weighted by Crippen LogP contribution is -2.28. The predicted octanol–water partition coefficient (Wildman–Crippen LogP) is 0.00710. The molecule has 16 heavy (non-hydrogen) atoms. The summed E-state index contributed by atoms with van der Waals surface area (Å²) in [6, 6.07) is 0. The summed E-state index contributed by atoms with van der Waals surface area (Å²) in [5.74, 6) is 0. The molecule has 2 rings (SSSR count). The second-order valence-electron chi connectivity index (χ2n) is 3.71. The summed E-state index contributed by atoms with van der Waals surface area (Å²) in [5.41, 5.74) is 1.00. The van der Waals surface area contributed by atoms with Crippen LogP contribution in [0.15, 0.2) is 0 Å². The third kappa shape index (κ3) is 2.34. The van der Waals surface area contributed by atoms with Gasteiger partial charge in [0, 0.05) is 38.5 Å². The molecule has 0 aromatic carbocycles. The van der Waals surface area contributed by atoms with Crippen LogP contribution in [0.5, 0.6) is 0 Å². The second-order valence-corrected chi connectivity index (χ2v) is 6.67. The van der Waals surface area contributed by atoms with E-state index in [1.54, 1.807) is 0 Å². The topological polar surface area (TPSA) is 74.3 Å². The molecular weight excluding hydrogens is 248 g/mol. The maximum Gasteiger partial charge on any atom is 0.302 e. The van der Waals surface area contributed by atoms with Crippen LogP contribution in [-0.4, -0.2) is 38.3 Å². The molecule has 0 saturated carbocycles. The van der Waals surface area contributed by atoms with E-state index in [9.17, 15) is 8.42 Å². The van der Waals surface area contributed by atoms with Crippen molar-refractivity contribution in [2.24, 2.45) is 0 Å². The molecule has 0 bridgehead atoms. The maximum absolute atomic E-state index is 11.6. The third-order valence-corrected chi connectivity index (χ3v) is 4.85. The Morgan fingerprint density at radius 3 is 2.88 bits per heavy atom. The predicted molar refractivity (Wildman–Crippen MR) is 63.8 cm³/mol. The molecule has 0 radical (unpaired) electrons. The SMILES string of the molecule is CN(C)S(=O)(=O)Nc1nc2c(s1)CNCC2. The van der Waals surface area contributed by atoms with Gasteiger partial charge < -0.3 is 5.32 Å². The fourth-order valence-corrected chi connectivity index (χ4v) is 3.13. The molecule has 0 aliphatic carbocycles. The number of nitrogens with zero attached hydrogens (tertiary/aromatic N) is 2. The summed E-state index contributed by atoms with van der Waals surface area (Å²) in [6.45, 7) is 1.67. The first-order valence-corrected chi connectivity index (χ1v) is 7.14. The average molecular weight is 262 g/mol. The number of aromatic nitrogens is 1. The number of hydrogen-bond donors (Lipinski definition) is 2. The number of nitrogens with one attached hydrogen (secondary N) is 2. The third-order valence-electron chi connectivity index (χ3n) is 2.30. The largest absolute Gasteiger partial charge is 0.311 e. The van der Waals surface area contributed by atoms with Crippen molar-refractivity contribution in [2.45, 2.75) is 13.0 Å². The van der Waals surface area contributed by atoms with E-state index in [1.165, 1.54) is 25.4 Å². The van der Waals surface area contributed by atoms with Gasteiger partial charge >= 0.3 is 10.2 Å². The van der Waals surface area contributed by atoms with Crippen molar-refractivity contribution in [2.75, 3.05) is 25.4 Å². The Labute approximate surface area is 98.9 Å². The molecule has 1 aliphatic rings. The van der Waals surface area contributed by atoms with Gasteiger partial charge in [-0.1, -0.05) is 11.3 Å². The summed E-state index contributed by atoms with van der Waals surface area (Å²) in [5, 5.41) is 3.67. The minimum Gasteiger partial charge on any atom is -0.311 e. The first kappa shape index (κ1) is 11.8. The first-order chi connectivity index (χ1) is 7.49. The van der Waals surface area contributed by atoms with E-state index in [0.717, 1.165) is 34.4 Å². The average Bonchev–Trinajstić information content (AvgIpc) is 2.58. The van der Waals surface area contributed by atoms with Gasteiger partial charge in [0.2, 0.25) is 0 Å². The summed E-state index contributed by atoms with van der Waals surface area (Å²) >= 11 is 1.39. The van der Waals surface area contributed by atoms with Crippen LogP contribution in [0, 0.1) is 0 Å².